The molecule has 56 valence electrons. The van der Waals surface area contributed by atoms with Crippen LogP contribution in [0.2, 0.25) is 0 Å². The number of carbonyl (C=O) groups excluding carboxylic acids is 1. The van der Waals surface area contributed by atoms with E-state index in [9.17, 15) is 4.79 Å². The van der Waals surface area contributed by atoms with E-state index in [1.54, 1.807) is 0 Å². The summed E-state index contributed by atoms with van der Waals surface area (Å²) in [5.41, 5.74) is 1.88. The molecule has 4 heteroatoms. The van der Waals surface area contributed by atoms with E-state index in [2.05, 4.69) is 16.6 Å². The average molecular weight is 158 g/mol. The molecule has 0 aromatic rings. The SMILES string of the molecule is CC(=O)NC1=NC=S(C)C1. The molecule has 10 heavy (non-hydrogen) atoms. The summed E-state index contributed by atoms with van der Waals surface area (Å²) in [6.07, 6.45) is 2.10. The Hall–Kier alpha value is -0.640. The van der Waals surface area contributed by atoms with Gasteiger partial charge in [-0.05, 0) is 6.26 Å². The van der Waals surface area contributed by atoms with Gasteiger partial charge in [0.2, 0.25) is 5.91 Å². The molecule has 0 aliphatic carbocycles. The van der Waals surface area contributed by atoms with Gasteiger partial charge in [0.15, 0.2) is 0 Å². The summed E-state index contributed by atoms with van der Waals surface area (Å²) >= 11 is 0. The van der Waals surface area contributed by atoms with Gasteiger partial charge in [-0.25, -0.2) is 4.99 Å². The fourth-order valence-electron chi connectivity index (χ4n) is 0.715. The standard InChI is InChI=1S/C6H10N2OS/c1-5(9)8-6-3-10(2)4-7-6/h4H,3H2,1-2H3,(H,7,8,9). The molecule has 1 rings (SSSR count). The first-order chi connectivity index (χ1) is 4.68. The van der Waals surface area contributed by atoms with Crippen LogP contribution in [0.5, 0.6) is 0 Å². The number of aliphatic imine (C=N–C) groups is 1. The number of hydrogen-bond acceptors (Lipinski definition) is 2. The highest BCUT2D eigenvalue weighted by Crippen LogP contribution is 2.09. The Bertz CT molecular complexity index is 220. The third-order valence-electron chi connectivity index (χ3n) is 1.07. The van der Waals surface area contributed by atoms with Gasteiger partial charge in [-0.2, -0.15) is 10.5 Å². The van der Waals surface area contributed by atoms with Crippen LogP contribution in [-0.4, -0.2) is 29.2 Å². The van der Waals surface area contributed by atoms with Crippen LogP contribution >= 0.6 is 10.5 Å². The van der Waals surface area contributed by atoms with E-state index in [4.69, 9.17) is 0 Å². The zero-order chi connectivity index (χ0) is 7.56. The van der Waals surface area contributed by atoms with E-state index < -0.39 is 0 Å². The van der Waals surface area contributed by atoms with Crippen LogP contribution in [0.25, 0.3) is 0 Å². The van der Waals surface area contributed by atoms with Gasteiger partial charge in [0.25, 0.3) is 0 Å². The van der Waals surface area contributed by atoms with Crippen molar-refractivity contribution < 1.29 is 4.79 Å². The summed E-state index contributed by atoms with van der Waals surface area (Å²) in [5, 5.41) is 2.66. The number of rotatable bonds is 0. The fraction of sp³-hybridized carbons (Fsp3) is 0.500. The average Bonchev–Trinajstić information content (AvgIpc) is 2.13. The molecule has 0 aromatic heterocycles. The molecule has 0 saturated heterocycles. The van der Waals surface area contributed by atoms with Crippen molar-refractivity contribution in [3.8, 4) is 0 Å². The molecule has 0 radical (unpaired) electrons. The van der Waals surface area contributed by atoms with Crippen molar-refractivity contribution in [2.45, 2.75) is 6.92 Å². The van der Waals surface area contributed by atoms with Crippen molar-refractivity contribution in [2.24, 2.45) is 4.99 Å². The lowest BCUT2D eigenvalue weighted by Gasteiger charge is -1.99. The van der Waals surface area contributed by atoms with Crippen LogP contribution < -0.4 is 5.32 Å². The zero-order valence-corrected chi connectivity index (χ0v) is 6.86. The number of amidine groups is 1. The van der Waals surface area contributed by atoms with Crippen LogP contribution in [0.1, 0.15) is 6.92 Å². The van der Waals surface area contributed by atoms with Gasteiger partial charge in [-0.15, -0.1) is 0 Å². The summed E-state index contributed by atoms with van der Waals surface area (Å²) < 4.78 is 0. The quantitative estimate of drug-likeness (QED) is 0.502. The lowest BCUT2D eigenvalue weighted by Crippen LogP contribution is -2.28. The second kappa shape index (κ2) is 2.96. The second-order valence-electron chi connectivity index (χ2n) is 2.20. The molecular formula is C6H10N2OS. The molecule has 0 aromatic carbocycles. The summed E-state index contributed by atoms with van der Waals surface area (Å²) in [4.78, 5) is 14.5. The van der Waals surface area contributed by atoms with Crippen molar-refractivity contribution in [1.82, 2.24) is 5.32 Å². The van der Waals surface area contributed by atoms with E-state index in [1.165, 1.54) is 6.92 Å². The smallest absolute Gasteiger partial charge is 0.222 e. The monoisotopic (exact) mass is 158 g/mol. The molecule has 3 nitrogen and oxygen atoms in total. The van der Waals surface area contributed by atoms with Crippen molar-refractivity contribution in [2.75, 3.05) is 12.0 Å². The number of hydrogen-bond donors (Lipinski definition) is 1. The number of amides is 1. The second-order valence-corrected chi connectivity index (χ2v) is 4.08. The molecule has 1 amide bonds. The van der Waals surface area contributed by atoms with E-state index in [1.807, 2.05) is 5.49 Å². The van der Waals surface area contributed by atoms with Gasteiger partial charge < -0.3 is 5.32 Å². The van der Waals surface area contributed by atoms with Gasteiger partial charge in [-0.1, -0.05) is 0 Å². The van der Waals surface area contributed by atoms with Gasteiger partial charge in [-0.3, -0.25) is 4.79 Å². The van der Waals surface area contributed by atoms with Crippen molar-refractivity contribution in [1.29, 1.82) is 0 Å². The zero-order valence-electron chi connectivity index (χ0n) is 6.05. The number of nitrogens with zero attached hydrogens (tertiary/aromatic N) is 1. The third-order valence-corrected chi connectivity index (χ3v) is 2.27. The van der Waals surface area contributed by atoms with Gasteiger partial charge in [0, 0.05) is 12.7 Å². The molecule has 0 spiro atoms. The predicted molar refractivity (Wildman–Crippen MR) is 45.7 cm³/mol. The third kappa shape index (κ3) is 1.95. The molecule has 1 unspecified atom stereocenters. The Labute approximate surface area is 62.5 Å². The van der Waals surface area contributed by atoms with E-state index in [0.717, 1.165) is 11.6 Å². The number of nitrogens with one attached hydrogen (secondary N) is 1. The van der Waals surface area contributed by atoms with E-state index >= 15 is 0 Å². The predicted octanol–water partition coefficient (Wildman–Crippen LogP) is 0.193. The van der Waals surface area contributed by atoms with Crippen molar-refractivity contribution in [3.05, 3.63) is 0 Å². The molecular weight excluding hydrogens is 148 g/mol. The Morgan fingerprint density at radius 2 is 2.60 bits per heavy atom. The summed E-state index contributed by atoms with van der Waals surface area (Å²) in [7, 11) is 0.237. The van der Waals surface area contributed by atoms with Gasteiger partial charge >= 0.3 is 0 Å². The van der Waals surface area contributed by atoms with Crippen molar-refractivity contribution in [3.63, 3.8) is 0 Å². The normalized spacial score (nSPS) is 23.4. The van der Waals surface area contributed by atoms with Crippen LogP contribution in [0.15, 0.2) is 4.99 Å². The summed E-state index contributed by atoms with van der Waals surface area (Å²) in [6, 6.07) is 0. The van der Waals surface area contributed by atoms with Gasteiger partial charge in [0.1, 0.15) is 5.84 Å². The molecule has 1 heterocycles. The largest absolute Gasteiger partial charge is 0.314 e. The summed E-state index contributed by atoms with van der Waals surface area (Å²) in [6.45, 7) is 1.49. The Balaban J connectivity index is 2.43. The molecule has 1 aliphatic rings. The van der Waals surface area contributed by atoms with Gasteiger partial charge in [0.05, 0.1) is 5.49 Å². The highest BCUT2D eigenvalue weighted by Gasteiger charge is 2.05. The minimum atomic E-state index is -0.0361. The minimum Gasteiger partial charge on any atom is -0.314 e. The van der Waals surface area contributed by atoms with Crippen LogP contribution in [0, 0.1) is 0 Å². The Kier molecular flexibility index (Phi) is 2.21. The van der Waals surface area contributed by atoms with E-state index in [0.29, 0.717) is 0 Å². The topological polar surface area (TPSA) is 41.5 Å². The highest BCUT2D eigenvalue weighted by molar-refractivity contribution is 8.15. The molecule has 1 N–H and O–H groups in total. The highest BCUT2D eigenvalue weighted by atomic mass is 32.2. The van der Waals surface area contributed by atoms with Crippen molar-refractivity contribution >= 4 is 27.7 Å². The van der Waals surface area contributed by atoms with Crippen LogP contribution in [0.3, 0.4) is 0 Å². The van der Waals surface area contributed by atoms with Crippen LogP contribution in [-0.2, 0) is 4.79 Å². The van der Waals surface area contributed by atoms with Crippen LogP contribution in [0.4, 0.5) is 0 Å². The lowest BCUT2D eigenvalue weighted by atomic mass is 10.6. The summed E-state index contributed by atoms with van der Waals surface area (Å²) in [5.74, 6) is 1.66. The maximum atomic E-state index is 10.5. The first-order valence-corrected chi connectivity index (χ1v) is 4.84. The Morgan fingerprint density at radius 3 is 3.00 bits per heavy atom. The first kappa shape index (κ1) is 7.47. The minimum absolute atomic E-state index is 0.0361. The maximum absolute atomic E-state index is 10.5. The Morgan fingerprint density at radius 1 is 1.90 bits per heavy atom. The molecule has 0 fully saturated rings. The van der Waals surface area contributed by atoms with E-state index in [-0.39, 0.29) is 16.4 Å². The molecule has 1 atom stereocenters. The lowest BCUT2D eigenvalue weighted by molar-refractivity contribution is -0.117. The number of carbonyl (C=O) groups is 1. The first-order valence-electron chi connectivity index (χ1n) is 2.97. The molecule has 1 aliphatic heterocycles. The molecule has 0 saturated carbocycles. The molecule has 0 bridgehead atoms. The fourth-order valence-corrected chi connectivity index (χ4v) is 1.68. The maximum Gasteiger partial charge on any atom is 0.222 e.